The average molecular weight is 276 g/mol. The molecule has 4 nitrogen and oxygen atoms in total. The van der Waals surface area contributed by atoms with E-state index in [9.17, 15) is 4.79 Å². The van der Waals surface area contributed by atoms with E-state index in [1.165, 1.54) is 18.5 Å². The first kappa shape index (κ1) is 13.1. The number of ether oxygens (including phenoxy) is 1. The van der Waals surface area contributed by atoms with Gasteiger partial charge in [-0.05, 0) is 12.1 Å². The molecular formula is C14H10ClNO3. The minimum absolute atomic E-state index is 0.469. The van der Waals surface area contributed by atoms with Gasteiger partial charge in [0.1, 0.15) is 11.5 Å². The number of hydrogen-bond acceptors (Lipinski definition) is 3. The van der Waals surface area contributed by atoms with E-state index in [-0.39, 0.29) is 0 Å². The molecule has 0 radical (unpaired) electrons. The fourth-order valence-corrected chi connectivity index (χ4v) is 1.61. The Balaban J connectivity index is 2.27. The zero-order valence-electron chi connectivity index (χ0n) is 9.79. The first-order chi connectivity index (χ1) is 9.15. The fourth-order valence-electron chi connectivity index (χ4n) is 1.45. The van der Waals surface area contributed by atoms with E-state index in [0.29, 0.717) is 22.1 Å². The molecule has 0 unspecified atom stereocenters. The molecule has 0 atom stereocenters. The standard InChI is InChI=1S/C14H10ClNO3/c15-11-7-12(9-16-8-11)19-13-4-2-1-3-10(13)5-6-14(17)18/h1-9H,(H,17,18). The van der Waals surface area contributed by atoms with Gasteiger partial charge in [-0.1, -0.05) is 29.8 Å². The highest BCUT2D eigenvalue weighted by Crippen LogP contribution is 2.27. The van der Waals surface area contributed by atoms with E-state index in [2.05, 4.69) is 4.98 Å². The maximum atomic E-state index is 10.5. The van der Waals surface area contributed by atoms with E-state index >= 15 is 0 Å². The molecule has 0 saturated heterocycles. The van der Waals surface area contributed by atoms with Crippen molar-refractivity contribution in [1.82, 2.24) is 4.98 Å². The van der Waals surface area contributed by atoms with Crippen LogP contribution in [0, 0.1) is 0 Å². The lowest BCUT2D eigenvalue weighted by molar-refractivity contribution is -0.131. The summed E-state index contributed by atoms with van der Waals surface area (Å²) in [4.78, 5) is 14.4. The number of rotatable bonds is 4. The molecule has 1 aromatic heterocycles. The molecule has 2 rings (SSSR count). The summed E-state index contributed by atoms with van der Waals surface area (Å²) < 4.78 is 5.63. The third-order valence-electron chi connectivity index (χ3n) is 2.23. The van der Waals surface area contributed by atoms with E-state index in [1.54, 1.807) is 30.3 Å². The minimum atomic E-state index is -1.01. The number of carboxylic acid groups (broad SMARTS) is 1. The Hall–Kier alpha value is -2.33. The summed E-state index contributed by atoms with van der Waals surface area (Å²) in [5.41, 5.74) is 0.657. The van der Waals surface area contributed by atoms with Crippen LogP contribution < -0.4 is 4.74 Å². The van der Waals surface area contributed by atoms with Crippen LogP contribution in [-0.4, -0.2) is 16.1 Å². The summed E-state index contributed by atoms with van der Waals surface area (Å²) in [6.07, 6.45) is 5.56. The lowest BCUT2D eigenvalue weighted by Crippen LogP contribution is -1.90. The first-order valence-electron chi connectivity index (χ1n) is 5.43. The van der Waals surface area contributed by atoms with Crippen molar-refractivity contribution >= 4 is 23.6 Å². The summed E-state index contributed by atoms with van der Waals surface area (Å²) in [6.45, 7) is 0. The maximum absolute atomic E-state index is 10.5. The first-order valence-corrected chi connectivity index (χ1v) is 5.81. The lowest BCUT2D eigenvalue weighted by Gasteiger charge is -2.08. The van der Waals surface area contributed by atoms with Gasteiger partial charge in [0.15, 0.2) is 0 Å². The third-order valence-corrected chi connectivity index (χ3v) is 2.44. The van der Waals surface area contributed by atoms with Crippen LogP contribution in [0.15, 0.2) is 48.8 Å². The quantitative estimate of drug-likeness (QED) is 0.866. The van der Waals surface area contributed by atoms with Crippen molar-refractivity contribution in [2.45, 2.75) is 0 Å². The zero-order chi connectivity index (χ0) is 13.7. The largest absolute Gasteiger partial charge is 0.478 e. The van der Waals surface area contributed by atoms with Crippen molar-refractivity contribution in [3.8, 4) is 11.5 Å². The summed E-state index contributed by atoms with van der Waals surface area (Å²) >= 11 is 5.82. The van der Waals surface area contributed by atoms with Gasteiger partial charge >= 0.3 is 5.97 Å². The van der Waals surface area contributed by atoms with Gasteiger partial charge in [-0.15, -0.1) is 0 Å². The maximum Gasteiger partial charge on any atom is 0.328 e. The molecule has 0 bridgehead atoms. The van der Waals surface area contributed by atoms with E-state index in [1.807, 2.05) is 0 Å². The van der Waals surface area contributed by atoms with Crippen molar-refractivity contribution in [2.24, 2.45) is 0 Å². The van der Waals surface area contributed by atoms with Crippen molar-refractivity contribution in [3.05, 3.63) is 59.4 Å². The third kappa shape index (κ3) is 3.82. The number of pyridine rings is 1. The second-order valence-electron chi connectivity index (χ2n) is 3.65. The Kier molecular flexibility index (Phi) is 4.15. The predicted molar refractivity (Wildman–Crippen MR) is 72.4 cm³/mol. The van der Waals surface area contributed by atoms with Crippen LogP contribution in [0.1, 0.15) is 5.56 Å². The van der Waals surface area contributed by atoms with Gasteiger partial charge in [-0.2, -0.15) is 0 Å². The smallest absolute Gasteiger partial charge is 0.328 e. The Morgan fingerprint density at radius 1 is 1.32 bits per heavy atom. The van der Waals surface area contributed by atoms with Gasteiger partial charge in [0.25, 0.3) is 0 Å². The van der Waals surface area contributed by atoms with Gasteiger partial charge in [0.2, 0.25) is 0 Å². The highest BCUT2D eigenvalue weighted by atomic mass is 35.5. The van der Waals surface area contributed by atoms with Crippen LogP contribution in [0.2, 0.25) is 5.02 Å². The van der Waals surface area contributed by atoms with E-state index in [0.717, 1.165) is 6.08 Å². The van der Waals surface area contributed by atoms with Gasteiger partial charge in [-0.25, -0.2) is 4.79 Å². The van der Waals surface area contributed by atoms with Crippen LogP contribution >= 0.6 is 11.6 Å². The number of aromatic nitrogens is 1. The SMILES string of the molecule is O=C(O)C=Cc1ccccc1Oc1cncc(Cl)c1. The monoisotopic (exact) mass is 275 g/mol. The van der Waals surface area contributed by atoms with Crippen LogP contribution in [0.4, 0.5) is 0 Å². The molecule has 0 fully saturated rings. The number of para-hydroxylation sites is 1. The molecule has 96 valence electrons. The molecule has 5 heteroatoms. The topological polar surface area (TPSA) is 59.4 Å². The molecule has 1 heterocycles. The molecule has 0 aliphatic carbocycles. The molecule has 0 spiro atoms. The molecule has 1 N–H and O–H groups in total. The number of nitrogens with zero attached hydrogens (tertiary/aromatic N) is 1. The Morgan fingerprint density at radius 2 is 2.11 bits per heavy atom. The number of aliphatic carboxylic acids is 1. The van der Waals surface area contributed by atoms with Crippen molar-refractivity contribution in [3.63, 3.8) is 0 Å². The number of benzene rings is 1. The summed E-state index contributed by atoms with van der Waals surface area (Å²) in [5, 5.41) is 9.11. The van der Waals surface area contributed by atoms with Gasteiger partial charge in [0, 0.05) is 23.9 Å². The summed E-state index contributed by atoms with van der Waals surface area (Å²) in [6, 6.07) is 8.72. The molecule has 0 amide bonds. The number of halogens is 1. The van der Waals surface area contributed by atoms with Gasteiger partial charge in [-0.3, -0.25) is 4.98 Å². The second-order valence-corrected chi connectivity index (χ2v) is 4.09. The molecule has 0 saturated carbocycles. The second kappa shape index (κ2) is 6.02. The molecule has 19 heavy (non-hydrogen) atoms. The minimum Gasteiger partial charge on any atom is -0.478 e. The molecule has 0 aliphatic heterocycles. The van der Waals surface area contributed by atoms with Gasteiger partial charge in [0.05, 0.1) is 11.2 Å². The Morgan fingerprint density at radius 3 is 2.84 bits per heavy atom. The van der Waals surface area contributed by atoms with Crippen molar-refractivity contribution in [1.29, 1.82) is 0 Å². The number of carbonyl (C=O) groups is 1. The van der Waals surface area contributed by atoms with Crippen LogP contribution in [-0.2, 0) is 4.79 Å². The average Bonchev–Trinajstić information content (AvgIpc) is 2.38. The summed E-state index contributed by atoms with van der Waals surface area (Å²) in [7, 11) is 0. The summed E-state index contributed by atoms with van der Waals surface area (Å²) in [5.74, 6) is 0.00645. The van der Waals surface area contributed by atoms with Crippen LogP contribution in [0.25, 0.3) is 6.08 Å². The van der Waals surface area contributed by atoms with Gasteiger partial charge < -0.3 is 9.84 Å². The predicted octanol–water partition coefficient (Wildman–Crippen LogP) is 3.63. The van der Waals surface area contributed by atoms with Crippen molar-refractivity contribution in [2.75, 3.05) is 0 Å². The lowest BCUT2D eigenvalue weighted by atomic mass is 10.2. The molecule has 1 aromatic carbocycles. The normalized spacial score (nSPS) is 10.6. The van der Waals surface area contributed by atoms with Crippen molar-refractivity contribution < 1.29 is 14.6 Å². The Bertz CT molecular complexity index is 626. The van der Waals surface area contributed by atoms with Crippen LogP contribution in [0.3, 0.4) is 0 Å². The highest BCUT2D eigenvalue weighted by Gasteiger charge is 2.03. The fraction of sp³-hybridized carbons (Fsp3) is 0. The Labute approximate surface area is 114 Å². The van der Waals surface area contributed by atoms with Crippen LogP contribution in [0.5, 0.6) is 11.5 Å². The number of carboxylic acids is 1. The molecule has 2 aromatic rings. The number of hydrogen-bond donors (Lipinski definition) is 1. The molecule has 0 aliphatic rings. The highest BCUT2D eigenvalue weighted by molar-refractivity contribution is 6.30. The zero-order valence-corrected chi connectivity index (χ0v) is 10.5. The van der Waals surface area contributed by atoms with E-state index < -0.39 is 5.97 Å². The molecular weight excluding hydrogens is 266 g/mol. The van der Waals surface area contributed by atoms with E-state index in [4.69, 9.17) is 21.4 Å².